The average Bonchev–Trinajstić information content (AvgIpc) is 2.85. The van der Waals surface area contributed by atoms with E-state index in [4.69, 9.17) is 4.74 Å². The molecule has 4 nitrogen and oxygen atoms in total. The lowest BCUT2D eigenvalue weighted by molar-refractivity contribution is 0.0895. The molecule has 0 radical (unpaired) electrons. The summed E-state index contributed by atoms with van der Waals surface area (Å²) < 4.78 is 5.07. The van der Waals surface area contributed by atoms with Crippen LogP contribution in [-0.2, 0) is 4.74 Å². The Bertz CT molecular complexity index is 533. The standard InChI is InChI=1S/C14H18N2O2/c1-3-12(9-18-2)16-14(17)11-4-5-13-10(8-11)6-7-15-13/h4-8,12,15H,3,9H2,1-2H3,(H,16,17). The Kier molecular flexibility index (Phi) is 3.99. The molecule has 0 aliphatic carbocycles. The molecule has 1 aromatic carbocycles. The van der Waals surface area contributed by atoms with Crippen LogP contribution in [0.5, 0.6) is 0 Å². The lowest BCUT2D eigenvalue weighted by Gasteiger charge is -2.15. The number of nitrogens with one attached hydrogen (secondary N) is 2. The number of carbonyl (C=O) groups is 1. The van der Waals surface area contributed by atoms with E-state index in [0.717, 1.165) is 17.3 Å². The molecular weight excluding hydrogens is 228 g/mol. The van der Waals surface area contributed by atoms with E-state index >= 15 is 0 Å². The number of ether oxygens (including phenoxy) is 1. The van der Waals surface area contributed by atoms with Crippen molar-refractivity contribution in [3.63, 3.8) is 0 Å². The number of aromatic nitrogens is 1. The highest BCUT2D eigenvalue weighted by atomic mass is 16.5. The van der Waals surface area contributed by atoms with E-state index < -0.39 is 0 Å². The van der Waals surface area contributed by atoms with Crippen LogP contribution >= 0.6 is 0 Å². The number of benzene rings is 1. The maximum atomic E-state index is 12.1. The highest BCUT2D eigenvalue weighted by Gasteiger charge is 2.12. The Morgan fingerprint density at radius 2 is 2.28 bits per heavy atom. The van der Waals surface area contributed by atoms with Crippen LogP contribution in [0.15, 0.2) is 30.5 Å². The molecule has 1 aromatic heterocycles. The first-order valence-corrected chi connectivity index (χ1v) is 6.11. The quantitative estimate of drug-likeness (QED) is 0.850. The van der Waals surface area contributed by atoms with Gasteiger partial charge in [0.1, 0.15) is 0 Å². The van der Waals surface area contributed by atoms with Gasteiger partial charge >= 0.3 is 0 Å². The summed E-state index contributed by atoms with van der Waals surface area (Å²) in [5.74, 6) is -0.0537. The minimum Gasteiger partial charge on any atom is -0.383 e. The van der Waals surface area contributed by atoms with Gasteiger partial charge in [-0.3, -0.25) is 4.79 Å². The molecule has 0 saturated heterocycles. The summed E-state index contributed by atoms with van der Waals surface area (Å²) in [6.07, 6.45) is 2.72. The lowest BCUT2D eigenvalue weighted by Crippen LogP contribution is -2.37. The van der Waals surface area contributed by atoms with Crippen LogP contribution in [0.2, 0.25) is 0 Å². The third kappa shape index (κ3) is 2.71. The first-order valence-electron chi connectivity index (χ1n) is 6.11. The molecule has 1 heterocycles. The molecule has 0 saturated carbocycles. The number of methoxy groups -OCH3 is 1. The zero-order valence-corrected chi connectivity index (χ0v) is 10.7. The van der Waals surface area contributed by atoms with Crippen molar-refractivity contribution in [3.8, 4) is 0 Å². The summed E-state index contributed by atoms with van der Waals surface area (Å²) in [5, 5.41) is 4.01. The van der Waals surface area contributed by atoms with Gasteiger partial charge in [0.2, 0.25) is 0 Å². The largest absolute Gasteiger partial charge is 0.383 e. The molecule has 96 valence electrons. The van der Waals surface area contributed by atoms with Crippen LogP contribution in [0, 0.1) is 0 Å². The number of hydrogen-bond donors (Lipinski definition) is 2. The predicted molar refractivity (Wildman–Crippen MR) is 71.7 cm³/mol. The Balaban J connectivity index is 2.12. The molecule has 18 heavy (non-hydrogen) atoms. The molecule has 0 spiro atoms. The first-order chi connectivity index (χ1) is 8.74. The van der Waals surface area contributed by atoms with Crippen LogP contribution < -0.4 is 5.32 Å². The maximum Gasteiger partial charge on any atom is 0.251 e. The summed E-state index contributed by atoms with van der Waals surface area (Å²) in [5.41, 5.74) is 1.71. The molecule has 1 amide bonds. The second-order valence-electron chi connectivity index (χ2n) is 4.31. The van der Waals surface area contributed by atoms with Gasteiger partial charge in [-0.1, -0.05) is 6.92 Å². The number of amides is 1. The van der Waals surface area contributed by atoms with Gasteiger partial charge in [-0.05, 0) is 30.7 Å². The molecule has 0 aliphatic heterocycles. The minimum absolute atomic E-state index is 0.0537. The predicted octanol–water partition coefficient (Wildman–Crippen LogP) is 2.32. The summed E-state index contributed by atoms with van der Waals surface area (Å²) in [6, 6.07) is 7.65. The molecule has 1 atom stereocenters. The lowest BCUT2D eigenvalue weighted by atomic mass is 10.1. The van der Waals surface area contributed by atoms with E-state index in [0.29, 0.717) is 12.2 Å². The molecule has 0 bridgehead atoms. The van der Waals surface area contributed by atoms with Gasteiger partial charge in [-0.2, -0.15) is 0 Å². The normalized spacial score (nSPS) is 12.6. The number of aromatic amines is 1. The number of H-pyrrole nitrogens is 1. The number of fused-ring (bicyclic) bond motifs is 1. The molecular formula is C14H18N2O2. The second-order valence-corrected chi connectivity index (χ2v) is 4.31. The SMILES string of the molecule is CCC(COC)NC(=O)c1ccc2[nH]ccc2c1. The van der Waals surface area contributed by atoms with Crippen molar-refractivity contribution in [1.82, 2.24) is 10.3 Å². The monoisotopic (exact) mass is 246 g/mol. The van der Waals surface area contributed by atoms with E-state index in [2.05, 4.69) is 10.3 Å². The van der Waals surface area contributed by atoms with E-state index in [-0.39, 0.29) is 11.9 Å². The average molecular weight is 246 g/mol. The number of carbonyl (C=O) groups excluding carboxylic acids is 1. The summed E-state index contributed by atoms with van der Waals surface area (Å²) in [4.78, 5) is 15.2. The van der Waals surface area contributed by atoms with Gasteiger partial charge in [0, 0.05) is 29.8 Å². The fourth-order valence-electron chi connectivity index (χ4n) is 1.93. The Hall–Kier alpha value is -1.81. The van der Waals surface area contributed by atoms with Gasteiger partial charge in [-0.25, -0.2) is 0 Å². The topological polar surface area (TPSA) is 54.1 Å². The Morgan fingerprint density at radius 1 is 1.44 bits per heavy atom. The zero-order chi connectivity index (χ0) is 13.0. The van der Waals surface area contributed by atoms with Crippen molar-refractivity contribution in [3.05, 3.63) is 36.0 Å². The van der Waals surface area contributed by atoms with Gasteiger partial charge in [0.25, 0.3) is 5.91 Å². The summed E-state index contributed by atoms with van der Waals surface area (Å²) in [6.45, 7) is 2.56. The molecule has 1 unspecified atom stereocenters. The fourth-order valence-corrected chi connectivity index (χ4v) is 1.93. The van der Waals surface area contributed by atoms with Gasteiger partial charge in [-0.15, -0.1) is 0 Å². The first kappa shape index (κ1) is 12.6. The van der Waals surface area contributed by atoms with Crippen LogP contribution in [0.1, 0.15) is 23.7 Å². The van der Waals surface area contributed by atoms with Crippen molar-refractivity contribution in [2.75, 3.05) is 13.7 Å². The molecule has 0 fully saturated rings. The third-order valence-electron chi connectivity index (χ3n) is 3.01. The smallest absolute Gasteiger partial charge is 0.251 e. The highest BCUT2D eigenvalue weighted by Crippen LogP contribution is 2.14. The minimum atomic E-state index is -0.0537. The van der Waals surface area contributed by atoms with Crippen LogP contribution in [0.3, 0.4) is 0 Å². The van der Waals surface area contributed by atoms with Crippen LogP contribution in [0.25, 0.3) is 10.9 Å². The summed E-state index contributed by atoms with van der Waals surface area (Å²) in [7, 11) is 1.64. The van der Waals surface area contributed by atoms with Crippen molar-refractivity contribution < 1.29 is 9.53 Å². The van der Waals surface area contributed by atoms with Gasteiger partial charge in [0.05, 0.1) is 12.6 Å². The van der Waals surface area contributed by atoms with Crippen molar-refractivity contribution in [1.29, 1.82) is 0 Å². The summed E-state index contributed by atoms with van der Waals surface area (Å²) >= 11 is 0. The number of hydrogen-bond acceptors (Lipinski definition) is 2. The molecule has 2 rings (SSSR count). The van der Waals surface area contributed by atoms with Crippen LogP contribution in [-0.4, -0.2) is 30.6 Å². The van der Waals surface area contributed by atoms with E-state index in [1.807, 2.05) is 37.4 Å². The Morgan fingerprint density at radius 3 is 3.00 bits per heavy atom. The number of rotatable bonds is 5. The zero-order valence-electron chi connectivity index (χ0n) is 10.7. The van der Waals surface area contributed by atoms with Gasteiger partial charge in [0.15, 0.2) is 0 Å². The fraction of sp³-hybridized carbons (Fsp3) is 0.357. The molecule has 2 aromatic rings. The molecule has 0 aliphatic rings. The Labute approximate surface area is 106 Å². The van der Waals surface area contributed by atoms with Crippen molar-refractivity contribution >= 4 is 16.8 Å². The van der Waals surface area contributed by atoms with Crippen molar-refractivity contribution in [2.24, 2.45) is 0 Å². The molecule has 4 heteroatoms. The van der Waals surface area contributed by atoms with E-state index in [1.165, 1.54) is 0 Å². The van der Waals surface area contributed by atoms with E-state index in [1.54, 1.807) is 7.11 Å². The highest BCUT2D eigenvalue weighted by molar-refractivity contribution is 5.98. The van der Waals surface area contributed by atoms with E-state index in [9.17, 15) is 4.79 Å². The van der Waals surface area contributed by atoms with Crippen LogP contribution in [0.4, 0.5) is 0 Å². The second kappa shape index (κ2) is 5.69. The van der Waals surface area contributed by atoms with Crippen molar-refractivity contribution in [2.45, 2.75) is 19.4 Å². The van der Waals surface area contributed by atoms with Gasteiger partial charge < -0.3 is 15.0 Å². The molecule has 2 N–H and O–H groups in total. The third-order valence-corrected chi connectivity index (χ3v) is 3.01. The maximum absolute atomic E-state index is 12.1.